The molecule has 0 heterocycles. The number of carboxylic acid groups (broad SMARTS) is 1. The van der Waals surface area contributed by atoms with Gasteiger partial charge in [-0.2, -0.15) is 0 Å². The van der Waals surface area contributed by atoms with Crippen LogP contribution in [0.5, 0.6) is 0 Å². The molecule has 1 saturated carbocycles. The zero-order valence-corrected chi connectivity index (χ0v) is 11.8. The number of carbonyl (C=O) groups excluding carboxylic acids is 1. The van der Waals surface area contributed by atoms with Crippen LogP contribution < -0.4 is 10.6 Å². The van der Waals surface area contributed by atoms with Gasteiger partial charge in [0.15, 0.2) is 0 Å². The molecule has 2 rings (SSSR count). The minimum Gasteiger partial charge on any atom is -0.480 e. The van der Waals surface area contributed by atoms with Crippen LogP contribution in [-0.2, 0) is 4.79 Å². The summed E-state index contributed by atoms with van der Waals surface area (Å²) in [5.41, 5.74) is 1.59. The number of carboxylic acids is 1. The number of aryl methyl sites for hydroxylation is 2. The first-order valence-electron chi connectivity index (χ1n) is 6.83. The van der Waals surface area contributed by atoms with Crippen LogP contribution in [0.4, 0.5) is 10.5 Å². The van der Waals surface area contributed by atoms with Gasteiger partial charge in [-0.25, -0.2) is 9.59 Å². The van der Waals surface area contributed by atoms with E-state index in [2.05, 4.69) is 10.6 Å². The van der Waals surface area contributed by atoms with Gasteiger partial charge in [-0.1, -0.05) is 25.0 Å². The Hall–Kier alpha value is -2.04. The van der Waals surface area contributed by atoms with Gasteiger partial charge < -0.3 is 15.7 Å². The summed E-state index contributed by atoms with van der Waals surface area (Å²) in [6, 6.07) is 5.31. The van der Waals surface area contributed by atoms with Crippen molar-refractivity contribution in [2.45, 2.75) is 45.1 Å². The number of carbonyl (C=O) groups is 2. The molecule has 5 nitrogen and oxygen atoms in total. The van der Waals surface area contributed by atoms with E-state index in [-0.39, 0.29) is 0 Å². The zero-order chi connectivity index (χ0) is 14.8. The van der Waals surface area contributed by atoms with Crippen molar-refractivity contribution in [1.82, 2.24) is 5.32 Å². The smallest absolute Gasteiger partial charge is 0.329 e. The molecule has 1 aliphatic rings. The third-order valence-corrected chi connectivity index (χ3v) is 3.86. The second-order valence-electron chi connectivity index (χ2n) is 5.49. The minimum atomic E-state index is -1.11. The predicted octanol–water partition coefficient (Wildman–Crippen LogP) is 2.82. The van der Waals surface area contributed by atoms with E-state index in [0.717, 1.165) is 24.0 Å². The Morgan fingerprint density at radius 3 is 2.45 bits per heavy atom. The van der Waals surface area contributed by atoms with Crippen molar-refractivity contribution in [1.29, 1.82) is 0 Å². The Bertz CT molecular complexity index is 534. The van der Waals surface area contributed by atoms with Gasteiger partial charge in [-0.05, 0) is 43.9 Å². The minimum absolute atomic E-state index is 0.456. The van der Waals surface area contributed by atoms with Crippen LogP contribution in [0, 0.1) is 13.8 Å². The fraction of sp³-hybridized carbons (Fsp3) is 0.467. The molecule has 1 fully saturated rings. The molecule has 1 aromatic carbocycles. The van der Waals surface area contributed by atoms with E-state index in [1.54, 1.807) is 0 Å². The lowest BCUT2D eigenvalue weighted by molar-refractivity contribution is -0.144. The molecule has 0 radical (unpaired) electrons. The molecule has 1 aromatic rings. The van der Waals surface area contributed by atoms with E-state index in [1.165, 1.54) is 0 Å². The molecule has 0 unspecified atom stereocenters. The van der Waals surface area contributed by atoms with E-state index >= 15 is 0 Å². The fourth-order valence-electron chi connectivity index (χ4n) is 2.61. The third-order valence-electron chi connectivity index (χ3n) is 3.86. The lowest BCUT2D eigenvalue weighted by Gasteiger charge is -2.25. The van der Waals surface area contributed by atoms with E-state index in [9.17, 15) is 14.7 Å². The first-order chi connectivity index (χ1) is 9.43. The van der Waals surface area contributed by atoms with E-state index in [4.69, 9.17) is 0 Å². The molecule has 0 atom stereocenters. The number of benzene rings is 1. The number of hydrogen-bond acceptors (Lipinski definition) is 2. The van der Waals surface area contributed by atoms with Crippen LogP contribution >= 0.6 is 0 Å². The van der Waals surface area contributed by atoms with Crippen molar-refractivity contribution in [3.63, 3.8) is 0 Å². The topological polar surface area (TPSA) is 78.4 Å². The summed E-state index contributed by atoms with van der Waals surface area (Å²) >= 11 is 0. The van der Waals surface area contributed by atoms with Gasteiger partial charge in [0, 0.05) is 5.69 Å². The molecule has 3 N–H and O–H groups in total. The Kier molecular flexibility index (Phi) is 3.97. The summed E-state index contributed by atoms with van der Waals surface area (Å²) in [5, 5.41) is 14.7. The molecule has 0 aromatic heterocycles. The van der Waals surface area contributed by atoms with Gasteiger partial charge in [0.05, 0.1) is 0 Å². The summed E-state index contributed by atoms with van der Waals surface area (Å²) in [7, 11) is 0. The highest BCUT2D eigenvalue weighted by atomic mass is 16.4. The number of rotatable bonds is 3. The van der Waals surface area contributed by atoms with Crippen molar-refractivity contribution in [3.05, 3.63) is 29.3 Å². The lowest BCUT2D eigenvalue weighted by atomic mass is 9.98. The highest BCUT2D eigenvalue weighted by Crippen LogP contribution is 2.30. The molecule has 108 valence electrons. The number of anilines is 1. The molecule has 2 amide bonds. The SMILES string of the molecule is Cc1ccc(C)c(NC(=O)NC2(C(=O)O)CCCC2)c1. The molecule has 5 heteroatoms. The second kappa shape index (κ2) is 5.53. The Morgan fingerprint density at radius 1 is 1.20 bits per heavy atom. The van der Waals surface area contributed by atoms with Crippen LogP contribution in [0.2, 0.25) is 0 Å². The zero-order valence-electron chi connectivity index (χ0n) is 11.8. The van der Waals surface area contributed by atoms with Gasteiger partial charge in [0.1, 0.15) is 5.54 Å². The fourth-order valence-corrected chi connectivity index (χ4v) is 2.61. The van der Waals surface area contributed by atoms with Gasteiger partial charge in [-0.15, -0.1) is 0 Å². The predicted molar refractivity (Wildman–Crippen MR) is 76.9 cm³/mol. The molecule has 1 aliphatic carbocycles. The van der Waals surface area contributed by atoms with Crippen LogP contribution in [0.25, 0.3) is 0 Å². The summed E-state index contributed by atoms with van der Waals surface area (Å²) in [4.78, 5) is 23.4. The second-order valence-corrected chi connectivity index (χ2v) is 5.49. The average molecular weight is 276 g/mol. The number of amides is 2. The third kappa shape index (κ3) is 2.92. The standard InChI is InChI=1S/C15H20N2O3/c1-10-5-6-11(2)12(9-10)16-14(20)17-15(13(18)19)7-3-4-8-15/h5-6,9H,3-4,7-8H2,1-2H3,(H,18,19)(H2,16,17,20). The number of aliphatic carboxylic acids is 1. The van der Waals surface area contributed by atoms with Gasteiger partial charge in [-0.3, -0.25) is 0 Å². The first-order valence-corrected chi connectivity index (χ1v) is 6.83. The largest absolute Gasteiger partial charge is 0.480 e. The normalized spacial score (nSPS) is 16.7. The Morgan fingerprint density at radius 2 is 1.85 bits per heavy atom. The molecule has 20 heavy (non-hydrogen) atoms. The Labute approximate surface area is 118 Å². The number of nitrogens with one attached hydrogen (secondary N) is 2. The Balaban J connectivity index is 2.08. The van der Waals surface area contributed by atoms with Gasteiger partial charge >= 0.3 is 12.0 Å². The quantitative estimate of drug-likeness (QED) is 0.794. The number of hydrogen-bond donors (Lipinski definition) is 3. The van der Waals surface area contributed by atoms with Crippen LogP contribution in [0.1, 0.15) is 36.8 Å². The average Bonchev–Trinajstić information content (AvgIpc) is 2.83. The maximum atomic E-state index is 12.1. The van der Waals surface area contributed by atoms with Crippen molar-refractivity contribution in [2.24, 2.45) is 0 Å². The number of urea groups is 1. The van der Waals surface area contributed by atoms with Crippen LogP contribution in [0.3, 0.4) is 0 Å². The van der Waals surface area contributed by atoms with E-state index < -0.39 is 17.5 Å². The van der Waals surface area contributed by atoms with Crippen molar-refractivity contribution in [3.8, 4) is 0 Å². The van der Waals surface area contributed by atoms with Crippen molar-refractivity contribution in [2.75, 3.05) is 5.32 Å². The summed E-state index contributed by atoms with van der Waals surface area (Å²) < 4.78 is 0. The highest BCUT2D eigenvalue weighted by Gasteiger charge is 2.42. The van der Waals surface area contributed by atoms with Gasteiger partial charge in [0.25, 0.3) is 0 Å². The molecule has 0 aliphatic heterocycles. The maximum Gasteiger partial charge on any atom is 0.329 e. The molecular weight excluding hydrogens is 256 g/mol. The monoisotopic (exact) mass is 276 g/mol. The first kappa shape index (κ1) is 14.4. The van der Waals surface area contributed by atoms with E-state index in [0.29, 0.717) is 18.5 Å². The lowest BCUT2D eigenvalue weighted by Crippen LogP contribution is -2.53. The van der Waals surface area contributed by atoms with Crippen molar-refractivity contribution >= 4 is 17.7 Å². The molecule has 0 bridgehead atoms. The summed E-state index contributed by atoms with van der Waals surface area (Å²) in [6.07, 6.45) is 2.64. The van der Waals surface area contributed by atoms with Crippen LogP contribution in [0.15, 0.2) is 18.2 Å². The molecule has 0 spiro atoms. The maximum absolute atomic E-state index is 12.1. The highest BCUT2D eigenvalue weighted by molar-refractivity contribution is 5.94. The summed E-state index contributed by atoms with van der Waals surface area (Å²) in [5.74, 6) is -0.953. The van der Waals surface area contributed by atoms with Crippen LogP contribution in [-0.4, -0.2) is 22.6 Å². The molecule has 0 saturated heterocycles. The summed E-state index contributed by atoms with van der Waals surface area (Å²) in [6.45, 7) is 3.84. The molecular formula is C15H20N2O3. The van der Waals surface area contributed by atoms with Crippen molar-refractivity contribution < 1.29 is 14.7 Å². The van der Waals surface area contributed by atoms with Gasteiger partial charge in [0.2, 0.25) is 0 Å². The van der Waals surface area contributed by atoms with E-state index in [1.807, 2.05) is 32.0 Å².